The van der Waals surface area contributed by atoms with Gasteiger partial charge in [-0.1, -0.05) is 30.3 Å². The molecule has 2 heterocycles. The van der Waals surface area contributed by atoms with Crippen LogP contribution >= 0.6 is 11.8 Å². The van der Waals surface area contributed by atoms with Crippen LogP contribution in [0.15, 0.2) is 65.9 Å². The number of amides is 2. The van der Waals surface area contributed by atoms with Crippen molar-refractivity contribution in [2.24, 2.45) is 0 Å². The van der Waals surface area contributed by atoms with E-state index in [-0.39, 0.29) is 24.6 Å². The number of aliphatic carboxylic acids is 1. The number of rotatable bonds is 11. The van der Waals surface area contributed by atoms with Gasteiger partial charge in [-0.2, -0.15) is 0 Å². The fourth-order valence-electron chi connectivity index (χ4n) is 4.17. The average molecular weight is 528 g/mol. The van der Waals surface area contributed by atoms with E-state index in [4.69, 9.17) is 9.47 Å². The largest absolute Gasteiger partial charge is 0.484 e. The highest BCUT2D eigenvalue weighted by Crippen LogP contribution is 2.45. The maximum atomic E-state index is 13.0. The van der Waals surface area contributed by atoms with Crippen LogP contribution in [0.4, 0.5) is 5.69 Å². The first kappa shape index (κ1) is 26.2. The zero-order valence-electron chi connectivity index (χ0n) is 19.9. The van der Waals surface area contributed by atoms with Crippen molar-refractivity contribution in [3.05, 3.63) is 81.5 Å². The number of hydrogen-bond donors (Lipinski definition) is 2. The van der Waals surface area contributed by atoms with Crippen molar-refractivity contribution >= 4 is 35.2 Å². The Morgan fingerprint density at radius 2 is 1.86 bits per heavy atom. The van der Waals surface area contributed by atoms with E-state index in [1.807, 2.05) is 6.07 Å². The fraction of sp³-hybridized carbons (Fsp3) is 0.320. The molecule has 3 atom stereocenters. The molecule has 37 heavy (non-hydrogen) atoms. The Morgan fingerprint density at radius 1 is 1.16 bits per heavy atom. The number of thioether (sulfide) groups is 1. The summed E-state index contributed by atoms with van der Waals surface area (Å²) in [5.74, 6) is -1.79. The Labute approximate surface area is 216 Å². The summed E-state index contributed by atoms with van der Waals surface area (Å²) in [6.07, 6.45) is 0.359. The minimum atomic E-state index is -1.26. The van der Waals surface area contributed by atoms with E-state index in [2.05, 4.69) is 5.32 Å². The van der Waals surface area contributed by atoms with Crippen molar-refractivity contribution in [1.29, 1.82) is 0 Å². The average Bonchev–Trinajstić information content (AvgIpc) is 2.90. The van der Waals surface area contributed by atoms with Crippen LogP contribution in [0.2, 0.25) is 0 Å². The van der Waals surface area contributed by atoms with Gasteiger partial charge in [0.05, 0.1) is 11.5 Å². The Bertz CT molecular complexity index is 1220. The van der Waals surface area contributed by atoms with Crippen LogP contribution in [0.1, 0.15) is 12.5 Å². The Kier molecular flexibility index (Phi) is 8.09. The molecule has 0 radical (unpaired) electrons. The second-order valence-corrected chi connectivity index (χ2v) is 9.64. The normalized spacial score (nSPS) is 20.6. The van der Waals surface area contributed by atoms with Gasteiger partial charge < -0.3 is 19.9 Å². The molecule has 194 valence electrons. The first-order valence-corrected chi connectivity index (χ1v) is 12.5. The molecule has 2 aromatic rings. The maximum Gasteiger partial charge on any atom is 0.352 e. The van der Waals surface area contributed by atoms with Crippen molar-refractivity contribution in [3.8, 4) is 5.75 Å². The van der Waals surface area contributed by atoms with Crippen LogP contribution in [-0.2, 0) is 25.5 Å². The van der Waals surface area contributed by atoms with Gasteiger partial charge in [0.25, 0.3) is 17.5 Å². The summed E-state index contributed by atoms with van der Waals surface area (Å²) < 4.78 is 11.0. The molecule has 2 N–H and O–H groups in total. The summed E-state index contributed by atoms with van der Waals surface area (Å²) in [5.41, 5.74) is 1.00. The first-order valence-electron chi connectivity index (χ1n) is 11.5. The Hall–Kier alpha value is -3.90. The molecule has 2 amide bonds. The summed E-state index contributed by atoms with van der Waals surface area (Å²) in [6, 6.07) is 13.9. The third kappa shape index (κ3) is 5.75. The van der Waals surface area contributed by atoms with Gasteiger partial charge in [-0.05, 0) is 31.0 Å². The van der Waals surface area contributed by atoms with E-state index < -0.39 is 39.4 Å². The van der Waals surface area contributed by atoms with Crippen molar-refractivity contribution in [1.82, 2.24) is 10.2 Å². The van der Waals surface area contributed by atoms with Crippen LogP contribution in [0.5, 0.6) is 5.75 Å². The molecule has 2 aliphatic heterocycles. The smallest absolute Gasteiger partial charge is 0.352 e. The van der Waals surface area contributed by atoms with Gasteiger partial charge in [-0.25, -0.2) is 4.79 Å². The Morgan fingerprint density at radius 3 is 2.49 bits per heavy atom. The quantitative estimate of drug-likeness (QED) is 0.255. The Balaban J connectivity index is 1.53. The first-order chi connectivity index (χ1) is 17.8. The van der Waals surface area contributed by atoms with Gasteiger partial charge in [0.2, 0.25) is 0 Å². The van der Waals surface area contributed by atoms with E-state index in [0.29, 0.717) is 24.4 Å². The highest BCUT2D eigenvalue weighted by molar-refractivity contribution is 8.00. The SMILES string of the molecule is CCOCC1=C(C(=O)O)N2C(=O)C(NC(=O)COc3ccccc3)[C@H]2SC1Cc1ccc([N+](=O)[O-])cc1. The van der Waals surface area contributed by atoms with E-state index >= 15 is 0 Å². The van der Waals surface area contributed by atoms with E-state index in [0.717, 1.165) is 5.56 Å². The number of hydrogen-bond acceptors (Lipinski definition) is 8. The molecule has 0 saturated carbocycles. The number of benzene rings is 2. The van der Waals surface area contributed by atoms with Crippen LogP contribution < -0.4 is 10.1 Å². The molecule has 0 aliphatic carbocycles. The number of carbonyl (C=O) groups excluding carboxylic acids is 2. The molecule has 11 nitrogen and oxygen atoms in total. The fourth-order valence-corrected chi connectivity index (χ4v) is 5.81. The lowest BCUT2D eigenvalue weighted by Gasteiger charge is -2.51. The van der Waals surface area contributed by atoms with E-state index in [1.165, 1.54) is 28.8 Å². The van der Waals surface area contributed by atoms with Crippen LogP contribution in [0, 0.1) is 10.1 Å². The molecule has 0 aromatic heterocycles. The van der Waals surface area contributed by atoms with Crippen LogP contribution in [0.25, 0.3) is 0 Å². The number of carbonyl (C=O) groups is 3. The van der Waals surface area contributed by atoms with Crippen molar-refractivity contribution in [2.75, 3.05) is 19.8 Å². The number of ether oxygens (including phenoxy) is 2. The van der Waals surface area contributed by atoms with Gasteiger partial charge in [-0.3, -0.25) is 24.6 Å². The number of carboxylic acids is 1. The molecule has 12 heteroatoms. The van der Waals surface area contributed by atoms with Gasteiger partial charge in [0.1, 0.15) is 22.9 Å². The van der Waals surface area contributed by atoms with Crippen molar-refractivity contribution in [3.63, 3.8) is 0 Å². The summed E-state index contributed by atoms with van der Waals surface area (Å²) in [4.78, 5) is 49.4. The minimum Gasteiger partial charge on any atom is -0.484 e. The number of carboxylic acid groups (broad SMARTS) is 1. The molecule has 2 unspecified atom stereocenters. The minimum absolute atomic E-state index is 0.0151. The molecule has 2 aromatic carbocycles. The lowest BCUT2D eigenvalue weighted by Crippen LogP contribution is -2.71. The monoisotopic (exact) mass is 527 g/mol. The summed E-state index contributed by atoms with van der Waals surface area (Å²) >= 11 is 1.35. The molecule has 1 saturated heterocycles. The number of β-lactam (4-membered cyclic amide) rings is 1. The molecule has 0 spiro atoms. The number of nitrogens with one attached hydrogen (secondary N) is 1. The standard InChI is InChI=1S/C25H25N3O8S/c1-2-35-13-18-19(12-15-8-10-16(11-9-15)28(33)34)37-24-21(23(30)27(24)22(18)25(31)32)26-20(29)14-36-17-6-4-3-5-7-17/h3-11,19,21,24H,2,12-14H2,1H3,(H,26,29)(H,31,32)/t19?,21?,24-/m1/s1. The van der Waals surface area contributed by atoms with Crippen molar-refractivity contribution < 1.29 is 33.9 Å². The number of nitro benzene ring substituents is 1. The third-order valence-corrected chi connectivity index (χ3v) is 7.48. The van der Waals surface area contributed by atoms with Gasteiger partial charge in [-0.15, -0.1) is 11.8 Å². The second-order valence-electron chi connectivity index (χ2n) is 8.31. The van der Waals surface area contributed by atoms with E-state index in [1.54, 1.807) is 43.3 Å². The molecule has 4 rings (SSSR count). The predicted molar refractivity (Wildman–Crippen MR) is 134 cm³/mol. The zero-order valence-corrected chi connectivity index (χ0v) is 20.7. The highest BCUT2D eigenvalue weighted by atomic mass is 32.2. The molecule has 1 fully saturated rings. The highest BCUT2D eigenvalue weighted by Gasteiger charge is 2.56. The lowest BCUT2D eigenvalue weighted by molar-refractivity contribution is -0.384. The number of nitro groups is 1. The molecule has 2 aliphatic rings. The van der Waals surface area contributed by atoms with Crippen LogP contribution in [0.3, 0.4) is 0 Å². The second kappa shape index (κ2) is 11.4. The molecular weight excluding hydrogens is 502 g/mol. The number of fused-ring (bicyclic) bond motifs is 1. The number of non-ortho nitro benzene ring substituents is 1. The topological polar surface area (TPSA) is 148 Å². The van der Waals surface area contributed by atoms with Gasteiger partial charge in [0, 0.05) is 29.6 Å². The van der Waals surface area contributed by atoms with E-state index in [9.17, 15) is 29.6 Å². The number of para-hydroxylation sites is 1. The summed E-state index contributed by atoms with van der Waals surface area (Å²) in [5, 5.41) is 22.6. The number of nitrogens with zero attached hydrogens (tertiary/aromatic N) is 2. The lowest BCUT2D eigenvalue weighted by atomic mass is 9.97. The van der Waals surface area contributed by atoms with Gasteiger partial charge in [0.15, 0.2) is 6.61 Å². The molecular formula is C25H25N3O8S. The predicted octanol–water partition coefficient (Wildman–Crippen LogP) is 2.36. The van der Waals surface area contributed by atoms with Crippen molar-refractivity contribution in [2.45, 2.75) is 30.0 Å². The van der Waals surface area contributed by atoms with Crippen LogP contribution in [-0.4, -0.2) is 69.2 Å². The van der Waals surface area contributed by atoms with Gasteiger partial charge >= 0.3 is 5.97 Å². The zero-order chi connectivity index (χ0) is 26.5. The molecule has 0 bridgehead atoms. The summed E-state index contributed by atoms with van der Waals surface area (Å²) in [7, 11) is 0. The maximum absolute atomic E-state index is 13.0. The summed E-state index contributed by atoms with van der Waals surface area (Å²) in [6.45, 7) is 1.85. The third-order valence-electron chi connectivity index (χ3n) is 5.94.